The van der Waals surface area contributed by atoms with Gasteiger partial charge in [-0.1, -0.05) is 0 Å². The summed E-state index contributed by atoms with van der Waals surface area (Å²) < 4.78 is 0. The van der Waals surface area contributed by atoms with Crippen LogP contribution in [0.1, 0.15) is 41.4 Å². The molecule has 0 unspecified atom stereocenters. The molecule has 20 heavy (non-hydrogen) atoms. The topological polar surface area (TPSA) is 57.7 Å². The average Bonchev–Trinajstić information content (AvgIpc) is 3.25. The van der Waals surface area contributed by atoms with E-state index in [0.717, 1.165) is 43.4 Å². The fourth-order valence-corrected chi connectivity index (χ4v) is 3.13. The Morgan fingerprint density at radius 1 is 1.15 bits per heavy atom. The summed E-state index contributed by atoms with van der Waals surface area (Å²) in [5, 5.41) is 7.81. The minimum absolute atomic E-state index is 0.722. The van der Waals surface area contributed by atoms with Crippen LogP contribution in [0.5, 0.6) is 0 Å². The van der Waals surface area contributed by atoms with Crippen molar-refractivity contribution in [3.05, 3.63) is 35.0 Å². The van der Waals surface area contributed by atoms with Crippen molar-refractivity contribution in [1.29, 1.82) is 0 Å². The summed E-state index contributed by atoms with van der Waals surface area (Å²) in [5.41, 5.74) is 5.14. The van der Waals surface area contributed by atoms with Gasteiger partial charge in [0.25, 0.3) is 0 Å². The van der Waals surface area contributed by atoms with Gasteiger partial charge >= 0.3 is 0 Å². The number of aryl methyl sites for hydroxylation is 1. The Bertz CT molecular complexity index is 629. The standard InChI is InChI=1S/C15H19N5/c1-10-15(17-7-6-16-10)20-8-4-12-13(5-9-20)18-19-14(12)11-2-3-11/h6-7,11H,2-5,8-9H2,1H3,(H,18,19). The molecule has 3 heterocycles. The van der Waals surface area contributed by atoms with Crippen LogP contribution in [-0.2, 0) is 12.8 Å². The molecule has 0 bridgehead atoms. The van der Waals surface area contributed by atoms with E-state index < -0.39 is 0 Å². The number of aromatic nitrogens is 4. The molecule has 5 nitrogen and oxygen atoms in total. The van der Waals surface area contributed by atoms with Crippen molar-refractivity contribution in [1.82, 2.24) is 20.2 Å². The van der Waals surface area contributed by atoms with Crippen LogP contribution >= 0.6 is 0 Å². The largest absolute Gasteiger partial charge is 0.354 e. The molecule has 2 aromatic rings. The Labute approximate surface area is 118 Å². The quantitative estimate of drug-likeness (QED) is 0.906. The first-order valence-corrected chi connectivity index (χ1v) is 7.41. The lowest BCUT2D eigenvalue weighted by molar-refractivity contribution is 0.764. The van der Waals surface area contributed by atoms with Crippen molar-refractivity contribution in [2.24, 2.45) is 0 Å². The highest BCUT2D eigenvalue weighted by molar-refractivity contribution is 5.44. The van der Waals surface area contributed by atoms with Gasteiger partial charge in [-0.3, -0.25) is 10.1 Å². The van der Waals surface area contributed by atoms with Crippen molar-refractivity contribution in [2.45, 2.75) is 38.5 Å². The number of rotatable bonds is 2. The van der Waals surface area contributed by atoms with E-state index in [0.29, 0.717) is 0 Å². The highest BCUT2D eigenvalue weighted by Crippen LogP contribution is 2.41. The molecule has 1 aliphatic carbocycles. The Kier molecular flexibility index (Phi) is 2.72. The highest BCUT2D eigenvalue weighted by Gasteiger charge is 2.31. The normalized spacial score (nSPS) is 18.8. The van der Waals surface area contributed by atoms with E-state index in [-0.39, 0.29) is 0 Å². The Balaban J connectivity index is 1.59. The van der Waals surface area contributed by atoms with Crippen LogP contribution in [0.15, 0.2) is 12.4 Å². The molecule has 0 radical (unpaired) electrons. The molecule has 1 aliphatic heterocycles. The van der Waals surface area contributed by atoms with Crippen LogP contribution < -0.4 is 4.90 Å². The molecule has 1 N–H and O–H groups in total. The van der Waals surface area contributed by atoms with E-state index in [9.17, 15) is 0 Å². The number of aromatic amines is 1. The zero-order valence-corrected chi connectivity index (χ0v) is 11.8. The maximum absolute atomic E-state index is 4.55. The number of nitrogens with one attached hydrogen (secondary N) is 1. The first-order chi connectivity index (χ1) is 9.83. The molecule has 1 fully saturated rings. The lowest BCUT2D eigenvalue weighted by atomic mass is 10.1. The number of hydrogen-bond donors (Lipinski definition) is 1. The molecular formula is C15H19N5. The van der Waals surface area contributed by atoms with E-state index in [4.69, 9.17) is 0 Å². The lowest BCUT2D eigenvalue weighted by Crippen LogP contribution is -2.28. The molecule has 0 atom stereocenters. The fourth-order valence-electron chi connectivity index (χ4n) is 3.13. The van der Waals surface area contributed by atoms with Gasteiger partial charge in [0.05, 0.1) is 11.4 Å². The number of hydrogen-bond acceptors (Lipinski definition) is 4. The minimum Gasteiger partial charge on any atom is -0.354 e. The SMILES string of the molecule is Cc1nccnc1N1CCc2[nH]nc(C3CC3)c2CC1. The Hall–Kier alpha value is -1.91. The summed E-state index contributed by atoms with van der Waals surface area (Å²) in [5.74, 6) is 1.75. The van der Waals surface area contributed by atoms with E-state index in [1.165, 1.54) is 29.8 Å². The number of anilines is 1. The van der Waals surface area contributed by atoms with E-state index in [2.05, 4.69) is 25.1 Å². The lowest BCUT2D eigenvalue weighted by Gasteiger charge is -2.22. The molecular weight excluding hydrogens is 250 g/mol. The molecule has 0 aromatic carbocycles. The average molecular weight is 269 g/mol. The summed E-state index contributed by atoms with van der Waals surface area (Å²) in [6, 6.07) is 0. The third-order valence-corrected chi connectivity index (χ3v) is 4.37. The van der Waals surface area contributed by atoms with Gasteiger partial charge in [0.2, 0.25) is 0 Å². The highest BCUT2D eigenvalue weighted by atomic mass is 15.2. The van der Waals surface area contributed by atoms with Gasteiger partial charge < -0.3 is 4.90 Å². The predicted octanol–water partition coefficient (Wildman–Crippen LogP) is 1.99. The molecule has 0 amide bonds. The molecule has 1 saturated carbocycles. The molecule has 0 spiro atoms. The molecule has 4 rings (SSSR count). The fraction of sp³-hybridized carbons (Fsp3) is 0.533. The number of nitrogens with zero attached hydrogens (tertiary/aromatic N) is 4. The van der Waals surface area contributed by atoms with E-state index >= 15 is 0 Å². The molecule has 2 aromatic heterocycles. The van der Waals surface area contributed by atoms with Crippen LogP contribution in [0.2, 0.25) is 0 Å². The van der Waals surface area contributed by atoms with Gasteiger partial charge in [0, 0.05) is 43.5 Å². The zero-order valence-electron chi connectivity index (χ0n) is 11.8. The van der Waals surface area contributed by atoms with E-state index in [1.807, 2.05) is 6.92 Å². The van der Waals surface area contributed by atoms with Crippen molar-refractivity contribution in [2.75, 3.05) is 18.0 Å². The van der Waals surface area contributed by atoms with Crippen molar-refractivity contribution in [3.8, 4) is 0 Å². The summed E-state index contributed by atoms with van der Waals surface area (Å²) in [7, 11) is 0. The van der Waals surface area contributed by atoms with Crippen LogP contribution in [0.3, 0.4) is 0 Å². The summed E-state index contributed by atoms with van der Waals surface area (Å²) >= 11 is 0. The van der Waals surface area contributed by atoms with Gasteiger partial charge in [-0.15, -0.1) is 0 Å². The predicted molar refractivity (Wildman–Crippen MR) is 77.0 cm³/mol. The van der Waals surface area contributed by atoms with Gasteiger partial charge in [-0.05, 0) is 31.7 Å². The summed E-state index contributed by atoms with van der Waals surface area (Å²) in [6.07, 6.45) is 8.24. The van der Waals surface area contributed by atoms with Crippen LogP contribution in [0.25, 0.3) is 0 Å². The third-order valence-electron chi connectivity index (χ3n) is 4.37. The van der Waals surface area contributed by atoms with Gasteiger partial charge in [0.15, 0.2) is 0 Å². The molecule has 0 saturated heterocycles. The Morgan fingerprint density at radius 3 is 2.75 bits per heavy atom. The second kappa shape index (κ2) is 4.58. The number of H-pyrrole nitrogens is 1. The van der Waals surface area contributed by atoms with E-state index in [1.54, 1.807) is 12.4 Å². The van der Waals surface area contributed by atoms with Crippen LogP contribution in [0, 0.1) is 6.92 Å². The first-order valence-electron chi connectivity index (χ1n) is 7.41. The minimum atomic E-state index is 0.722. The summed E-state index contributed by atoms with van der Waals surface area (Å²) in [6.45, 7) is 4.02. The maximum Gasteiger partial charge on any atom is 0.150 e. The van der Waals surface area contributed by atoms with Gasteiger partial charge in [-0.2, -0.15) is 5.10 Å². The summed E-state index contributed by atoms with van der Waals surface area (Å²) in [4.78, 5) is 11.2. The van der Waals surface area contributed by atoms with Gasteiger partial charge in [0.1, 0.15) is 5.82 Å². The van der Waals surface area contributed by atoms with Gasteiger partial charge in [-0.25, -0.2) is 4.98 Å². The second-order valence-corrected chi connectivity index (χ2v) is 5.79. The van der Waals surface area contributed by atoms with Crippen molar-refractivity contribution >= 4 is 5.82 Å². The zero-order chi connectivity index (χ0) is 13.5. The molecule has 5 heteroatoms. The first kappa shape index (κ1) is 11.9. The van der Waals surface area contributed by atoms with Crippen molar-refractivity contribution in [3.63, 3.8) is 0 Å². The Morgan fingerprint density at radius 2 is 1.95 bits per heavy atom. The van der Waals surface area contributed by atoms with Crippen molar-refractivity contribution < 1.29 is 0 Å². The second-order valence-electron chi connectivity index (χ2n) is 5.79. The smallest absolute Gasteiger partial charge is 0.150 e. The number of fused-ring (bicyclic) bond motifs is 1. The van der Waals surface area contributed by atoms with Crippen LogP contribution in [0.4, 0.5) is 5.82 Å². The molecule has 2 aliphatic rings. The third kappa shape index (κ3) is 1.97. The monoisotopic (exact) mass is 269 g/mol. The van der Waals surface area contributed by atoms with Crippen LogP contribution in [-0.4, -0.2) is 33.3 Å². The molecule has 104 valence electrons. The maximum atomic E-state index is 4.55.